The van der Waals surface area contributed by atoms with E-state index in [0.717, 1.165) is 31.4 Å². The lowest BCUT2D eigenvalue weighted by atomic mass is 10.2. The number of halogens is 2. The molecule has 2 rings (SSSR count). The van der Waals surface area contributed by atoms with E-state index in [1.165, 1.54) is 0 Å². The quantitative estimate of drug-likeness (QED) is 0.834. The number of nitrogens with two attached hydrogens (primary N) is 1. The molecule has 106 valence electrons. The molecule has 0 aliphatic heterocycles. The fourth-order valence-electron chi connectivity index (χ4n) is 1.81. The van der Waals surface area contributed by atoms with Gasteiger partial charge in [0.1, 0.15) is 4.90 Å². The fourth-order valence-corrected chi connectivity index (χ4v) is 2.99. The van der Waals surface area contributed by atoms with E-state index >= 15 is 0 Å². The van der Waals surface area contributed by atoms with Crippen molar-refractivity contribution in [1.82, 2.24) is 4.72 Å². The summed E-state index contributed by atoms with van der Waals surface area (Å²) in [6.07, 6.45) is 2.93. The fraction of sp³-hybridized carbons (Fsp3) is 0.500. The van der Waals surface area contributed by atoms with E-state index in [1.807, 2.05) is 0 Å². The van der Waals surface area contributed by atoms with Gasteiger partial charge in [-0.05, 0) is 30.0 Å². The van der Waals surface area contributed by atoms with E-state index < -0.39 is 26.6 Å². The molecule has 1 aromatic rings. The van der Waals surface area contributed by atoms with Crippen molar-refractivity contribution in [1.29, 1.82) is 0 Å². The van der Waals surface area contributed by atoms with Crippen LogP contribution in [0.25, 0.3) is 0 Å². The highest BCUT2D eigenvalue weighted by Gasteiger charge is 2.25. The van der Waals surface area contributed by atoms with Gasteiger partial charge in [0.05, 0.1) is 0 Å². The molecule has 3 N–H and O–H groups in total. The van der Waals surface area contributed by atoms with Gasteiger partial charge < -0.3 is 5.73 Å². The number of hydrogen-bond donors (Lipinski definition) is 2. The van der Waals surface area contributed by atoms with Crippen molar-refractivity contribution in [2.45, 2.75) is 30.7 Å². The summed E-state index contributed by atoms with van der Waals surface area (Å²) in [5.74, 6) is -2.01. The number of rotatable bonds is 6. The minimum absolute atomic E-state index is 0.0538. The van der Waals surface area contributed by atoms with Crippen molar-refractivity contribution in [3.05, 3.63) is 29.3 Å². The molecule has 0 aromatic heterocycles. The van der Waals surface area contributed by atoms with Gasteiger partial charge in [0.25, 0.3) is 0 Å². The van der Waals surface area contributed by atoms with E-state index in [9.17, 15) is 17.2 Å². The molecular weight excluding hydrogens is 274 g/mol. The molecule has 0 saturated heterocycles. The van der Waals surface area contributed by atoms with Crippen molar-refractivity contribution in [2.24, 2.45) is 11.7 Å². The predicted octanol–water partition coefficient (Wildman–Crippen LogP) is 1.50. The molecule has 0 atom stereocenters. The third-order valence-electron chi connectivity index (χ3n) is 3.12. The van der Waals surface area contributed by atoms with Crippen LogP contribution in [0.2, 0.25) is 0 Å². The smallest absolute Gasteiger partial charge is 0.243 e. The summed E-state index contributed by atoms with van der Waals surface area (Å²) in [5, 5.41) is 0. The minimum Gasteiger partial charge on any atom is -0.326 e. The number of sulfonamides is 1. The number of benzene rings is 1. The highest BCUT2D eigenvalue weighted by atomic mass is 32.2. The van der Waals surface area contributed by atoms with Crippen molar-refractivity contribution in [2.75, 3.05) is 6.54 Å². The summed E-state index contributed by atoms with van der Waals surface area (Å²) in [4.78, 5) is -0.677. The van der Waals surface area contributed by atoms with Crippen LogP contribution < -0.4 is 10.5 Å². The van der Waals surface area contributed by atoms with Crippen LogP contribution in [-0.2, 0) is 16.6 Å². The molecule has 7 heteroatoms. The molecular formula is C12H16F2N2O2S. The van der Waals surface area contributed by atoms with Crippen molar-refractivity contribution < 1.29 is 17.2 Å². The second kappa shape index (κ2) is 5.52. The Bertz CT molecular complexity index is 571. The maximum absolute atomic E-state index is 13.6. The van der Waals surface area contributed by atoms with Gasteiger partial charge in [0, 0.05) is 13.1 Å². The summed E-state index contributed by atoms with van der Waals surface area (Å²) in [6.45, 7) is 0.183. The van der Waals surface area contributed by atoms with Gasteiger partial charge in [-0.15, -0.1) is 0 Å². The monoisotopic (exact) mass is 290 g/mol. The van der Waals surface area contributed by atoms with Crippen molar-refractivity contribution in [3.8, 4) is 0 Å². The Balaban J connectivity index is 2.19. The first kappa shape index (κ1) is 14.4. The van der Waals surface area contributed by atoms with E-state index in [0.29, 0.717) is 5.92 Å². The number of hydrogen-bond acceptors (Lipinski definition) is 3. The lowest BCUT2D eigenvalue weighted by molar-refractivity contribution is 0.481. The Morgan fingerprint density at radius 1 is 1.32 bits per heavy atom. The SMILES string of the molecule is NCc1cc(F)c(F)c(S(=O)(=O)NCCC2CC2)c1. The van der Waals surface area contributed by atoms with Crippen LogP contribution in [0.5, 0.6) is 0 Å². The molecule has 1 aliphatic carbocycles. The average molecular weight is 290 g/mol. The van der Waals surface area contributed by atoms with Crippen LogP contribution in [-0.4, -0.2) is 15.0 Å². The Morgan fingerprint density at radius 2 is 2.00 bits per heavy atom. The van der Waals surface area contributed by atoms with Crippen LogP contribution in [0.4, 0.5) is 8.78 Å². The molecule has 1 aromatic carbocycles. The normalized spacial score (nSPS) is 15.7. The third kappa shape index (κ3) is 3.49. The van der Waals surface area contributed by atoms with E-state index in [-0.39, 0.29) is 18.7 Å². The zero-order valence-corrected chi connectivity index (χ0v) is 11.1. The average Bonchev–Trinajstić information content (AvgIpc) is 3.16. The summed E-state index contributed by atoms with van der Waals surface area (Å²) in [7, 11) is -4.03. The van der Waals surface area contributed by atoms with Gasteiger partial charge in [0.15, 0.2) is 11.6 Å². The molecule has 1 aliphatic rings. The second-order valence-corrected chi connectivity index (χ2v) is 6.46. The van der Waals surface area contributed by atoms with Crippen LogP contribution >= 0.6 is 0 Å². The van der Waals surface area contributed by atoms with Gasteiger partial charge in [-0.2, -0.15) is 0 Å². The Hall–Kier alpha value is -1.05. The van der Waals surface area contributed by atoms with Crippen LogP contribution in [0, 0.1) is 17.6 Å². The van der Waals surface area contributed by atoms with Crippen molar-refractivity contribution >= 4 is 10.0 Å². The number of nitrogens with one attached hydrogen (secondary N) is 1. The first-order valence-corrected chi connectivity index (χ1v) is 7.60. The lowest BCUT2D eigenvalue weighted by Crippen LogP contribution is -2.26. The first-order valence-electron chi connectivity index (χ1n) is 6.11. The Labute approximate surface area is 111 Å². The largest absolute Gasteiger partial charge is 0.326 e. The first-order chi connectivity index (χ1) is 8.94. The summed E-state index contributed by atoms with van der Waals surface area (Å²) >= 11 is 0. The molecule has 1 saturated carbocycles. The topological polar surface area (TPSA) is 72.2 Å². The zero-order chi connectivity index (χ0) is 14.0. The van der Waals surface area contributed by atoms with Gasteiger partial charge in [-0.3, -0.25) is 0 Å². The Morgan fingerprint density at radius 3 is 2.58 bits per heavy atom. The molecule has 19 heavy (non-hydrogen) atoms. The molecule has 4 nitrogen and oxygen atoms in total. The third-order valence-corrected chi connectivity index (χ3v) is 4.58. The van der Waals surface area contributed by atoms with Crippen LogP contribution in [0.1, 0.15) is 24.8 Å². The van der Waals surface area contributed by atoms with Crippen molar-refractivity contribution in [3.63, 3.8) is 0 Å². The van der Waals surface area contributed by atoms with Gasteiger partial charge in [-0.25, -0.2) is 21.9 Å². The lowest BCUT2D eigenvalue weighted by Gasteiger charge is -2.09. The molecule has 0 radical (unpaired) electrons. The summed E-state index contributed by atoms with van der Waals surface area (Å²) in [5.41, 5.74) is 5.56. The van der Waals surface area contributed by atoms with Gasteiger partial charge in [0.2, 0.25) is 10.0 Å². The molecule has 0 spiro atoms. The highest BCUT2D eigenvalue weighted by Crippen LogP contribution is 2.31. The molecule has 0 heterocycles. The summed E-state index contributed by atoms with van der Waals surface area (Å²) < 4.78 is 53.0. The maximum Gasteiger partial charge on any atom is 0.243 e. The highest BCUT2D eigenvalue weighted by molar-refractivity contribution is 7.89. The van der Waals surface area contributed by atoms with E-state index in [2.05, 4.69) is 4.72 Å². The Kier molecular flexibility index (Phi) is 4.17. The molecule has 1 fully saturated rings. The van der Waals surface area contributed by atoms with Gasteiger partial charge in [-0.1, -0.05) is 12.8 Å². The molecule has 0 bridgehead atoms. The van der Waals surface area contributed by atoms with Crippen LogP contribution in [0.15, 0.2) is 17.0 Å². The van der Waals surface area contributed by atoms with E-state index in [4.69, 9.17) is 5.73 Å². The standard InChI is InChI=1S/C12H16F2N2O2S/c13-10-5-9(7-15)6-11(12(10)14)19(17,18)16-4-3-8-1-2-8/h5-6,8,16H,1-4,7,15H2. The van der Waals surface area contributed by atoms with Crippen LogP contribution in [0.3, 0.4) is 0 Å². The second-order valence-electron chi connectivity index (χ2n) is 4.72. The summed E-state index contributed by atoms with van der Waals surface area (Å²) in [6, 6.07) is 1.97. The van der Waals surface area contributed by atoms with E-state index in [1.54, 1.807) is 0 Å². The zero-order valence-electron chi connectivity index (χ0n) is 10.3. The van der Waals surface area contributed by atoms with Gasteiger partial charge >= 0.3 is 0 Å². The molecule has 0 amide bonds. The predicted molar refractivity (Wildman–Crippen MR) is 66.8 cm³/mol. The maximum atomic E-state index is 13.6. The molecule has 0 unspecified atom stereocenters. The minimum atomic E-state index is -4.03.